The van der Waals surface area contributed by atoms with Crippen LogP contribution in [0.3, 0.4) is 0 Å². The van der Waals surface area contributed by atoms with Crippen molar-refractivity contribution in [2.45, 2.75) is 12.7 Å². The largest absolute Gasteiger partial charge is 0.399 e. The monoisotopic (exact) mass is 434 g/mol. The SMILES string of the molecule is Cc1nn(C)c(OC(=O)SCc2ccccc2)c1C(=O)c1ccc(Cl)cc1Cl. The minimum Gasteiger partial charge on any atom is -0.399 e. The topological polar surface area (TPSA) is 61.2 Å². The average Bonchev–Trinajstić information content (AvgIpc) is 2.93. The zero-order valence-corrected chi connectivity index (χ0v) is 17.4. The van der Waals surface area contributed by atoms with Crippen molar-refractivity contribution >= 4 is 46.0 Å². The molecule has 0 radical (unpaired) electrons. The number of hydrogen-bond acceptors (Lipinski definition) is 5. The van der Waals surface area contributed by atoms with Gasteiger partial charge in [-0.2, -0.15) is 5.10 Å². The van der Waals surface area contributed by atoms with Gasteiger partial charge >= 0.3 is 5.30 Å². The summed E-state index contributed by atoms with van der Waals surface area (Å²) in [5.74, 6) is 0.158. The molecule has 0 aliphatic heterocycles. The quantitative estimate of drug-likeness (QED) is 0.380. The van der Waals surface area contributed by atoms with Gasteiger partial charge in [-0.1, -0.05) is 53.5 Å². The van der Waals surface area contributed by atoms with Gasteiger partial charge in [0.05, 0.1) is 10.7 Å². The molecule has 0 unspecified atom stereocenters. The summed E-state index contributed by atoms with van der Waals surface area (Å²) < 4.78 is 6.83. The summed E-state index contributed by atoms with van der Waals surface area (Å²) in [5, 5.41) is 4.33. The molecule has 28 heavy (non-hydrogen) atoms. The van der Waals surface area contributed by atoms with E-state index in [4.69, 9.17) is 27.9 Å². The molecule has 0 saturated heterocycles. The number of hydrogen-bond donors (Lipinski definition) is 0. The Kier molecular flexibility index (Phi) is 6.44. The van der Waals surface area contributed by atoms with E-state index in [1.807, 2.05) is 30.3 Å². The number of benzene rings is 2. The van der Waals surface area contributed by atoms with Crippen LogP contribution in [0.5, 0.6) is 5.88 Å². The molecule has 2 aromatic carbocycles. The Bertz CT molecular complexity index is 1040. The Balaban J connectivity index is 1.82. The van der Waals surface area contributed by atoms with Crippen molar-refractivity contribution < 1.29 is 14.3 Å². The second-order valence-corrected chi connectivity index (χ2v) is 7.72. The second-order valence-electron chi connectivity index (χ2n) is 5.97. The zero-order chi connectivity index (χ0) is 20.3. The summed E-state index contributed by atoms with van der Waals surface area (Å²) in [6, 6.07) is 14.2. The van der Waals surface area contributed by atoms with Gasteiger partial charge in [0.1, 0.15) is 5.56 Å². The van der Waals surface area contributed by atoms with Crippen molar-refractivity contribution in [3.63, 3.8) is 0 Å². The molecule has 0 bridgehead atoms. The number of thioether (sulfide) groups is 1. The smallest absolute Gasteiger partial charge is 0.374 e. The van der Waals surface area contributed by atoms with Gasteiger partial charge in [-0.05, 0) is 42.4 Å². The standard InChI is InChI=1S/C20H16Cl2N2O3S/c1-12-17(18(25)15-9-8-14(21)10-16(15)22)19(24(2)23-12)27-20(26)28-11-13-6-4-3-5-7-13/h3-10H,11H2,1-2H3. The molecule has 8 heteroatoms. The molecule has 0 spiro atoms. The highest BCUT2D eigenvalue weighted by Gasteiger charge is 2.26. The van der Waals surface area contributed by atoms with Crippen LogP contribution in [0.25, 0.3) is 0 Å². The number of carbonyl (C=O) groups excluding carboxylic acids is 2. The molecular formula is C20H16Cl2N2O3S. The van der Waals surface area contributed by atoms with Crippen LogP contribution in [-0.2, 0) is 12.8 Å². The molecule has 0 atom stereocenters. The van der Waals surface area contributed by atoms with E-state index in [0.717, 1.165) is 17.3 Å². The first kappa shape index (κ1) is 20.5. The van der Waals surface area contributed by atoms with Gasteiger partial charge in [0.2, 0.25) is 11.7 Å². The highest BCUT2D eigenvalue weighted by atomic mass is 35.5. The summed E-state index contributed by atoms with van der Waals surface area (Å²) in [6.45, 7) is 1.67. The fraction of sp³-hybridized carbons (Fsp3) is 0.150. The lowest BCUT2D eigenvalue weighted by Crippen LogP contribution is -2.10. The van der Waals surface area contributed by atoms with Gasteiger partial charge in [0, 0.05) is 23.4 Å². The Hall–Kier alpha value is -2.28. The van der Waals surface area contributed by atoms with E-state index in [1.165, 1.54) is 16.8 Å². The first-order valence-electron chi connectivity index (χ1n) is 8.28. The number of carbonyl (C=O) groups is 2. The molecule has 0 amide bonds. The Morgan fingerprint density at radius 3 is 2.54 bits per heavy atom. The molecule has 3 aromatic rings. The van der Waals surface area contributed by atoms with Crippen molar-refractivity contribution in [1.82, 2.24) is 9.78 Å². The van der Waals surface area contributed by atoms with Crippen LogP contribution in [0.2, 0.25) is 10.0 Å². The lowest BCUT2D eigenvalue weighted by Gasteiger charge is -2.08. The van der Waals surface area contributed by atoms with Gasteiger partial charge in [-0.25, -0.2) is 9.48 Å². The van der Waals surface area contributed by atoms with Crippen molar-refractivity contribution in [2.24, 2.45) is 7.05 Å². The highest BCUT2D eigenvalue weighted by molar-refractivity contribution is 8.12. The molecule has 0 N–H and O–H groups in total. The number of rotatable bonds is 5. The summed E-state index contributed by atoms with van der Waals surface area (Å²) in [5.41, 5.74) is 1.89. The minimum atomic E-state index is -0.525. The van der Waals surface area contributed by atoms with Crippen molar-refractivity contribution in [3.8, 4) is 5.88 Å². The average molecular weight is 435 g/mol. The predicted molar refractivity (Wildman–Crippen MR) is 112 cm³/mol. The first-order chi connectivity index (χ1) is 13.4. The summed E-state index contributed by atoms with van der Waals surface area (Å²) >= 11 is 13.1. The Morgan fingerprint density at radius 2 is 1.86 bits per heavy atom. The maximum absolute atomic E-state index is 13.0. The molecule has 1 heterocycles. The third-order valence-corrected chi connectivity index (χ3v) is 5.30. The summed E-state index contributed by atoms with van der Waals surface area (Å²) in [6.07, 6.45) is 0. The minimum absolute atomic E-state index is 0.0825. The van der Waals surface area contributed by atoms with Gasteiger partial charge in [0.25, 0.3) is 0 Å². The van der Waals surface area contributed by atoms with E-state index in [1.54, 1.807) is 20.0 Å². The number of aromatic nitrogens is 2. The van der Waals surface area contributed by atoms with Crippen molar-refractivity contribution in [1.29, 1.82) is 0 Å². The maximum atomic E-state index is 13.0. The second kappa shape index (κ2) is 8.82. The molecule has 0 saturated carbocycles. The fourth-order valence-corrected chi connectivity index (χ4v) is 3.76. The Morgan fingerprint density at radius 1 is 1.14 bits per heavy atom. The molecule has 5 nitrogen and oxygen atoms in total. The summed E-state index contributed by atoms with van der Waals surface area (Å²) in [4.78, 5) is 25.3. The number of nitrogens with zero attached hydrogens (tertiary/aromatic N) is 2. The molecule has 1 aromatic heterocycles. The van der Waals surface area contributed by atoms with Crippen molar-refractivity contribution in [2.75, 3.05) is 0 Å². The van der Waals surface area contributed by atoms with Gasteiger partial charge < -0.3 is 4.74 Å². The van der Waals surface area contributed by atoms with E-state index in [9.17, 15) is 9.59 Å². The predicted octanol–water partition coefficient (Wildman–Crippen LogP) is 5.70. The lowest BCUT2D eigenvalue weighted by molar-refractivity contribution is 0.103. The molecule has 3 rings (SSSR count). The lowest BCUT2D eigenvalue weighted by atomic mass is 10.0. The normalized spacial score (nSPS) is 10.7. The van der Waals surface area contributed by atoms with E-state index in [-0.39, 0.29) is 27.8 Å². The van der Waals surface area contributed by atoms with Crippen molar-refractivity contribution in [3.05, 3.63) is 81.0 Å². The van der Waals surface area contributed by atoms with Crippen LogP contribution in [0.15, 0.2) is 48.5 Å². The molecule has 0 fully saturated rings. The third-order valence-electron chi connectivity index (χ3n) is 3.95. The molecule has 0 aliphatic rings. The third kappa shape index (κ3) is 4.58. The van der Waals surface area contributed by atoms with Crippen LogP contribution in [0, 0.1) is 6.92 Å². The molecular weight excluding hydrogens is 419 g/mol. The van der Waals surface area contributed by atoms with Crippen LogP contribution < -0.4 is 4.74 Å². The maximum Gasteiger partial charge on any atom is 0.374 e. The van der Waals surface area contributed by atoms with Crippen LogP contribution >= 0.6 is 35.0 Å². The highest BCUT2D eigenvalue weighted by Crippen LogP contribution is 2.30. The van der Waals surface area contributed by atoms with E-state index >= 15 is 0 Å². The first-order valence-corrected chi connectivity index (χ1v) is 10.0. The van der Waals surface area contributed by atoms with Gasteiger partial charge in [-0.3, -0.25) is 4.79 Å². The van der Waals surface area contributed by atoms with E-state index in [0.29, 0.717) is 16.5 Å². The number of ether oxygens (including phenoxy) is 1. The summed E-state index contributed by atoms with van der Waals surface area (Å²) in [7, 11) is 1.61. The van der Waals surface area contributed by atoms with E-state index < -0.39 is 5.30 Å². The number of aryl methyl sites for hydroxylation is 2. The molecule has 0 aliphatic carbocycles. The van der Waals surface area contributed by atoms with Gasteiger partial charge in [0.15, 0.2) is 0 Å². The zero-order valence-electron chi connectivity index (χ0n) is 15.1. The molecule has 144 valence electrons. The van der Waals surface area contributed by atoms with Crippen LogP contribution in [-0.4, -0.2) is 20.9 Å². The van der Waals surface area contributed by atoms with E-state index in [2.05, 4.69) is 5.10 Å². The Labute approximate surface area is 176 Å². The fourth-order valence-electron chi connectivity index (χ4n) is 2.65. The number of ketones is 1. The van der Waals surface area contributed by atoms with Gasteiger partial charge in [-0.15, -0.1) is 0 Å². The van der Waals surface area contributed by atoms with Crippen LogP contribution in [0.4, 0.5) is 4.79 Å². The number of halogens is 2. The van der Waals surface area contributed by atoms with Crippen LogP contribution in [0.1, 0.15) is 27.2 Å².